The quantitative estimate of drug-likeness (QED) is 0.676. The van der Waals surface area contributed by atoms with Crippen molar-refractivity contribution in [3.05, 3.63) is 12.2 Å². The molecular weight excluding hydrogens is 302 g/mol. The molecule has 3 N–H and O–H groups in total. The zero-order valence-corrected chi connectivity index (χ0v) is 14.8. The highest BCUT2D eigenvalue weighted by molar-refractivity contribution is 5.74. The first kappa shape index (κ1) is 17.7. The monoisotopic (exact) mass is 335 g/mol. The Labute approximate surface area is 145 Å². The first-order valence-corrected chi connectivity index (χ1v) is 9.80. The van der Waals surface area contributed by atoms with Crippen molar-refractivity contribution in [1.82, 2.24) is 15.5 Å². The van der Waals surface area contributed by atoms with Gasteiger partial charge in [-0.15, -0.1) is 0 Å². The Balaban J connectivity index is 1.51. The molecule has 1 heterocycles. The number of nitrogens with one attached hydrogen (secondary N) is 2. The van der Waals surface area contributed by atoms with E-state index >= 15 is 0 Å². The number of urea groups is 1. The zero-order chi connectivity index (χ0) is 16.8. The minimum atomic E-state index is -0.0646. The van der Waals surface area contributed by atoms with Gasteiger partial charge in [-0.05, 0) is 45.2 Å². The summed E-state index contributed by atoms with van der Waals surface area (Å²) >= 11 is 0. The standard InChI is InChI=1S/C19H33N3O2/c23-14-16-7-8-17(13-16)21-18(24)20-15-19(9-3-1-4-10-19)22-11-5-2-6-12-22/h7-8,16-17,23H,1-6,9-15H2,(H2,20,21,24)/t16-,17+/m0/s1. The summed E-state index contributed by atoms with van der Waals surface area (Å²) in [6.07, 6.45) is 15.1. The zero-order valence-electron chi connectivity index (χ0n) is 14.8. The highest BCUT2D eigenvalue weighted by atomic mass is 16.3. The molecule has 1 saturated carbocycles. The van der Waals surface area contributed by atoms with Gasteiger partial charge in [0.25, 0.3) is 0 Å². The van der Waals surface area contributed by atoms with Crippen LogP contribution in [0.25, 0.3) is 0 Å². The van der Waals surface area contributed by atoms with Gasteiger partial charge in [0.1, 0.15) is 0 Å². The third kappa shape index (κ3) is 4.31. The number of piperidine rings is 1. The molecule has 0 aromatic rings. The Morgan fingerprint density at radius 1 is 1.08 bits per heavy atom. The molecule has 0 aromatic carbocycles. The fourth-order valence-electron chi connectivity index (χ4n) is 4.66. The number of hydrogen-bond acceptors (Lipinski definition) is 3. The second-order valence-corrected chi connectivity index (χ2v) is 7.83. The van der Waals surface area contributed by atoms with E-state index in [-0.39, 0.29) is 30.1 Å². The first-order valence-electron chi connectivity index (χ1n) is 9.80. The average Bonchev–Trinajstić information content (AvgIpc) is 3.09. The molecule has 2 atom stereocenters. The van der Waals surface area contributed by atoms with Gasteiger partial charge >= 0.3 is 6.03 Å². The van der Waals surface area contributed by atoms with Gasteiger partial charge in [0.05, 0.1) is 0 Å². The van der Waals surface area contributed by atoms with Crippen LogP contribution in [0.1, 0.15) is 57.8 Å². The normalized spacial score (nSPS) is 30.2. The highest BCUT2D eigenvalue weighted by Crippen LogP contribution is 2.35. The maximum atomic E-state index is 12.3. The largest absolute Gasteiger partial charge is 0.396 e. The maximum Gasteiger partial charge on any atom is 0.315 e. The smallest absolute Gasteiger partial charge is 0.315 e. The molecule has 2 aliphatic carbocycles. The fraction of sp³-hybridized carbons (Fsp3) is 0.842. The number of hydrogen-bond donors (Lipinski definition) is 3. The van der Waals surface area contributed by atoms with Crippen molar-refractivity contribution in [2.45, 2.75) is 69.4 Å². The van der Waals surface area contributed by atoms with Crippen LogP contribution >= 0.6 is 0 Å². The second-order valence-electron chi connectivity index (χ2n) is 7.83. The summed E-state index contributed by atoms with van der Waals surface area (Å²) in [4.78, 5) is 15.0. The molecule has 3 aliphatic rings. The minimum absolute atomic E-state index is 0.0550. The van der Waals surface area contributed by atoms with Crippen LogP contribution < -0.4 is 10.6 Å². The van der Waals surface area contributed by atoms with Crippen LogP contribution in [0.4, 0.5) is 4.79 Å². The Morgan fingerprint density at radius 3 is 2.46 bits per heavy atom. The third-order valence-corrected chi connectivity index (χ3v) is 6.11. The molecule has 0 radical (unpaired) electrons. The third-order valence-electron chi connectivity index (χ3n) is 6.11. The van der Waals surface area contributed by atoms with Gasteiger partial charge in [0, 0.05) is 30.7 Å². The summed E-state index contributed by atoms with van der Waals surface area (Å²) < 4.78 is 0. The van der Waals surface area contributed by atoms with E-state index in [1.165, 1.54) is 64.5 Å². The summed E-state index contributed by atoms with van der Waals surface area (Å²) in [6, 6.07) is -0.00959. The first-order chi connectivity index (χ1) is 11.7. The van der Waals surface area contributed by atoms with Crippen molar-refractivity contribution in [2.75, 3.05) is 26.2 Å². The number of likely N-dealkylation sites (tertiary alicyclic amines) is 1. The van der Waals surface area contributed by atoms with Crippen LogP contribution in [-0.4, -0.2) is 53.9 Å². The molecule has 5 nitrogen and oxygen atoms in total. The maximum absolute atomic E-state index is 12.3. The highest BCUT2D eigenvalue weighted by Gasteiger charge is 2.38. The molecule has 2 fully saturated rings. The van der Waals surface area contributed by atoms with E-state index in [9.17, 15) is 9.90 Å². The molecule has 1 aliphatic heterocycles. The van der Waals surface area contributed by atoms with E-state index in [0.29, 0.717) is 0 Å². The van der Waals surface area contributed by atoms with Crippen LogP contribution in [0, 0.1) is 5.92 Å². The van der Waals surface area contributed by atoms with Gasteiger partial charge in [-0.25, -0.2) is 4.79 Å². The summed E-state index contributed by atoms with van der Waals surface area (Å²) in [5.41, 5.74) is 0.176. The van der Waals surface area contributed by atoms with Gasteiger partial charge in [-0.2, -0.15) is 0 Å². The van der Waals surface area contributed by atoms with Crippen molar-refractivity contribution in [1.29, 1.82) is 0 Å². The van der Waals surface area contributed by atoms with E-state index in [2.05, 4.69) is 15.5 Å². The molecule has 0 unspecified atom stereocenters. The summed E-state index contributed by atoms with van der Waals surface area (Å²) in [6.45, 7) is 3.30. The lowest BCUT2D eigenvalue weighted by atomic mass is 9.79. The number of nitrogens with zero attached hydrogens (tertiary/aromatic N) is 1. The molecule has 0 aromatic heterocycles. The molecule has 136 valence electrons. The van der Waals surface area contributed by atoms with Crippen molar-refractivity contribution in [3.63, 3.8) is 0 Å². The van der Waals surface area contributed by atoms with E-state index in [1.807, 2.05) is 12.2 Å². The van der Waals surface area contributed by atoms with E-state index in [1.54, 1.807) is 0 Å². The predicted octanol–water partition coefficient (Wildman–Crippen LogP) is 2.41. The van der Waals surface area contributed by atoms with Gasteiger partial charge < -0.3 is 15.7 Å². The SMILES string of the molecule is O=C(NCC1(N2CCCCC2)CCCCC1)N[C@@H]1C=C[C@H](CO)C1. The fourth-order valence-corrected chi connectivity index (χ4v) is 4.66. The van der Waals surface area contributed by atoms with E-state index in [0.717, 1.165) is 13.0 Å². The lowest BCUT2D eigenvalue weighted by Gasteiger charge is -2.48. The van der Waals surface area contributed by atoms with Crippen molar-refractivity contribution < 1.29 is 9.90 Å². The van der Waals surface area contributed by atoms with Crippen LogP contribution in [-0.2, 0) is 0 Å². The van der Waals surface area contributed by atoms with Crippen LogP contribution in [0.15, 0.2) is 12.2 Å². The van der Waals surface area contributed by atoms with Crippen LogP contribution in [0.2, 0.25) is 0 Å². The van der Waals surface area contributed by atoms with Crippen molar-refractivity contribution in [3.8, 4) is 0 Å². The summed E-state index contributed by atoms with van der Waals surface area (Å²) in [5.74, 6) is 0.188. The Hall–Kier alpha value is -1.07. The Morgan fingerprint density at radius 2 is 1.79 bits per heavy atom. The lowest BCUT2D eigenvalue weighted by Crippen LogP contribution is -2.59. The number of amides is 2. The number of carbonyl (C=O) groups is 1. The van der Waals surface area contributed by atoms with Gasteiger partial charge in [-0.3, -0.25) is 4.90 Å². The van der Waals surface area contributed by atoms with Crippen LogP contribution in [0.5, 0.6) is 0 Å². The van der Waals surface area contributed by atoms with Crippen molar-refractivity contribution in [2.24, 2.45) is 5.92 Å². The second kappa shape index (κ2) is 8.34. The molecule has 1 saturated heterocycles. The summed E-state index contributed by atoms with van der Waals surface area (Å²) in [5, 5.41) is 15.4. The average molecular weight is 335 g/mol. The number of carbonyl (C=O) groups excluding carboxylic acids is 1. The van der Waals surface area contributed by atoms with Crippen LogP contribution in [0.3, 0.4) is 0 Å². The van der Waals surface area contributed by atoms with Gasteiger partial charge in [0.15, 0.2) is 0 Å². The number of rotatable bonds is 5. The van der Waals surface area contributed by atoms with Gasteiger partial charge in [-0.1, -0.05) is 37.8 Å². The Kier molecular flexibility index (Phi) is 6.17. The van der Waals surface area contributed by atoms with Gasteiger partial charge in [0.2, 0.25) is 0 Å². The minimum Gasteiger partial charge on any atom is -0.396 e. The molecular formula is C19H33N3O2. The van der Waals surface area contributed by atoms with Crippen molar-refractivity contribution >= 4 is 6.03 Å². The number of aliphatic hydroxyl groups is 1. The lowest BCUT2D eigenvalue weighted by molar-refractivity contribution is 0.0354. The van der Waals surface area contributed by atoms with E-state index in [4.69, 9.17) is 0 Å². The molecule has 0 bridgehead atoms. The number of aliphatic hydroxyl groups excluding tert-OH is 1. The molecule has 24 heavy (non-hydrogen) atoms. The van der Waals surface area contributed by atoms with E-state index < -0.39 is 0 Å². The summed E-state index contributed by atoms with van der Waals surface area (Å²) in [7, 11) is 0. The topological polar surface area (TPSA) is 64.6 Å². The predicted molar refractivity (Wildman–Crippen MR) is 95.9 cm³/mol. The Bertz CT molecular complexity index is 440. The molecule has 3 rings (SSSR count). The molecule has 0 spiro atoms. The molecule has 5 heteroatoms. The molecule has 2 amide bonds.